The van der Waals surface area contributed by atoms with E-state index in [1.807, 2.05) is 0 Å². The van der Waals surface area contributed by atoms with Crippen LogP contribution < -0.4 is 0 Å². The van der Waals surface area contributed by atoms with Gasteiger partial charge < -0.3 is 10.2 Å². The normalized spacial score (nSPS) is 10.0. The highest BCUT2D eigenvalue weighted by Gasteiger charge is 2.05. The highest BCUT2D eigenvalue weighted by molar-refractivity contribution is 5.81. The van der Waals surface area contributed by atoms with E-state index in [-0.39, 0.29) is 11.5 Å². The molecular weight excluding hydrogens is 204 g/mol. The first kappa shape index (κ1) is 10.2. The van der Waals surface area contributed by atoms with Crippen molar-refractivity contribution >= 4 is 6.29 Å². The molecule has 0 atom stereocenters. The van der Waals surface area contributed by atoms with E-state index in [9.17, 15) is 9.90 Å². The quantitative estimate of drug-likeness (QED) is 0.755. The monoisotopic (exact) mass is 214 g/mol. The second-order valence-corrected chi connectivity index (χ2v) is 3.44. The van der Waals surface area contributed by atoms with E-state index in [1.165, 1.54) is 18.2 Å². The van der Waals surface area contributed by atoms with E-state index in [1.54, 1.807) is 24.3 Å². The molecule has 2 N–H and O–H groups in total. The number of aldehydes is 1. The van der Waals surface area contributed by atoms with Gasteiger partial charge in [0.25, 0.3) is 0 Å². The second-order valence-electron chi connectivity index (χ2n) is 3.44. The summed E-state index contributed by atoms with van der Waals surface area (Å²) in [6, 6.07) is 11.1. The Balaban J connectivity index is 2.54. The van der Waals surface area contributed by atoms with Crippen LogP contribution in [0.4, 0.5) is 0 Å². The van der Waals surface area contributed by atoms with E-state index < -0.39 is 0 Å². The molecule has 0 radical (unpaired) electrons. The molecule has 0 aliphatic rings. The third-order valence-electron chi connectivity index (χ3n) is 2.34. The Hall–Kier alpha value is -2.29. The number of hydrogen-bond acceptors (Lipinski definition) is 3. The average molecular weight is 214 g/mol. The fraction of sp³-hybridized carbons (Fsp3) is 0. The maximum atomic E-state index is 10.6. The fourth-order valence-electron chi connectivity index (χ4n) is 1.50. The summed E-state index contributed by atoms with van der Waals surface area (Å²) in [5, 5.41) is 18.8. The molecule has 3 heteroatoms. The lowest BCUT2D eigenvalue weighted by atomic mass is 10.0. The Kier molecular flexibility index (Phi) is 2.60. The summed E-state index contributed by atoms with van der Waals surface area (Å²) >= 11 is 0. The van der Waals surface area contributed by atoms with Crippen molar-refractivity contribution in [2.24, 2.45) is 0 Å². The maximum absolute atomic E-state index is 10.6. The first-order chi connectivity index (χ1) is 7.70. The Bertz CT molecular complexity index is 515. The molecule has 3 nitrogen and oxygen atoms in total. The van der Waals surface area contributed by atoms with Crippen LogP contribution in [0, 0.1) is 0 Å². The van der Waals surface area contributed by atoms with Crippen molar-refractivity contribution in [3.05, 3.63) is 48.0 Å². The van der Waals surface area contributed by atoms with Crippen LogP contribution in [0.25, 0.3) is 11.1 Å². The summed E-state index contributed by atoms with van der Waals surface area (Å²) in [4.78, 5) is 10.6. The standard InChI is InChI=1S/C13H10O3/c14-8-9-1-6-13(16)12(7-9)10-2-4-11(15)5-3-10/h1-8,15-16H. The Labute approximate surface area is 92.6 Å². The molecule has 0 aliphatic heterocycles. The summed E-state index contributed by atoms with van der Waals surface area (Å²) < 4.78 is 0. The molecule has 0 bridgehead atoms. The van der Waals surface area contributed by atoms with Crippen molar-refractivity contribution in [3.8, 4) is 22.6 Å². The van der Waals surface area contributed by atoms with E-state index in [0.29, 0.717) is 11.1 Å². The summed E-state index contributed by atoms with van der Waals surface area (Å²) in [7, 11) is 0. The van der Waals surface area contributed by atoms with E-state index in [0.717, 1.165) is 11.8 Å². The number of phenols is 2. The minimum Gasteiger partial charge on any atom is -0.508 e. The number of benzene rings is 2. The van der Waals surface area contributed by atoms with Crippen LogP contribution in [0.3, 0.4) is 0 Å². The predicted molar refractivity (Wildman–Crippen MR) is 60.6 cm³/mol. The first-order valence-electron chi connectivity index (χ1n) is 4.78. The molecule has 0 spiro atoms. The lowest BCUT2D eigenvalue weighted by Gasteiger charge is -2.05. The number of carbonyl (C=O) groups is 1. The number of hydrogen-bond donors (Lipinski definition) is 2. The third kappa shape index (κ3) is 1.88. The molecule has 0 saturated carbocycles. The number of phenolic OH excluding ortho intramolecular Hbond substituents is 2. The molecule has 80 valence electrons. The lowest BCUT2D eigenvalue weighted by molar-refractivity contribution is 0.112. The van der Waals surface area contributed by atoms with Gasteiger partial charge in [-0.3, -0.25) is 4.79 Å². The average Bonchev–Trinajstić information content (AvgIpc) is 2.31. The highest BCUT2D eigenvalue weighted by Crippen LogP contribution is 2.30. The van der Waals surface area contributed by atoms with Crippen molar-refractivity contribution < 1.29 is 15.0 Å². The molecule has 0 fully saturated rings. The largest absolute Gasteiger partial charge is 0.508 e. The van der Waals surface area contributed by atoms with E-state index >= 15 is 0 Å². The van der Waals surface area contributed by atoms with Crippen LogP contribution in [0.15, 0.2) is 42.5 Å². The van der Waals surface area contributed by atoms with Crippen LogP contribution in [-0.4, -0.2) is 16.5 Å². The minimum absolute atomic E-state index is 0.108. The van der Waals surface area contributed by atoms with Gasteiger partial charge >= 0.3 is 0 Å². The van der Waals surface area contributed by atoms with Gasteiger partial charge in [0.05, 0.1) is 0 Å². The van der Waals surface area contributed by atoms with Crippen molar-refractivity contribution in [3.63, 3.8) is 0 Å². The van der Waals surface area contributed by atoms with Crippen molar-refractivity contribution in [1.29, 1.82) is 0 Å². The Morgan fingerprint density at radius 2 is 1.62 bits per heavy atom. The zero-order valence-electron chi connectivity index (χ0n) is 8.42. The van der Waals surface area contributed by atoms with Gasteiger partial charge in [0, 0.05) is 11.1 Å². The lowest BCUT2D eigenvalue weighted by Crippen LogP contribution is -1.83. The van der Waals surface area contributed by atoms with Crippen molar-refractivity contribution in [2.45, 2.75) is 0 Å². The Morgan fingerprint density at radius 1 is 0.938 bits per heavy atom. The number of rotatable bonds is 2. The molecule has 0 heterocycles. The number of aromatic hydroxyl groups is 2. The van der Waals surface area contributed by atoms with Gasteiger partial charge in [0.2, 0.25) is 0 Å². The molecule has 0 amide bonds. The maximum Gasteiger partial charge on any atom is 0.150 e. The zero-order valence-corrected chi connectivity index (χ0v) is 8.42. The smallest absolute Gasteiger partial charge is 0.150 e. The summed E-state index contributed by atoms with van der Waals surface area (Å²) in [6.07, 6.45) is 0.726. The van der Waals surface area contributed by atoms with Gasteiger partial charge in [-0.25, -0.2) is 0 Å². The molecule has 0 saturated heterocycles. The Morgan fingerprint density at radius 3 is 2.25 bits per heavy atom. The minimum atomic E-state index is 0.108. The number of carbonyl (C=O) groups excluding carboxylic acids is 1. The third-order valence-corrected chi connectivity index (χ3v) is 2.34. The highest BCUT2D eigenvalue weighted by atomic mass is 16.3. The molecule has 16 heavy (non-hydrogen) atoms. The van der Waals surface area contributed by atoms with Crippen LogP contribution in [0.2, 0.25) is 0 Å². The topological polar surface area (TPSA) is 57.5 Å². The van der Waals surface area contributed by atoms with Crippen LogP contribution >= 0.6 is 0 Å². The SMILES string of the molecule is O=Cc1ccc(O)c(-c2ccc(O)cc2)c1. The van der Waals surface area contributed by atoms with Crippen LogP contribution in [0.5, 0.6) is 11.5 Å². The molecular formula is C13H10O3. The molecule has 0 aliphatic carbocycles. The predicted octanol–water partition coefficient (Wildman–Crippen LogP) is 2.58. The van der Waals surface area contributed by atoms with E-state index in [4.69, 9.17) is 5.11 Å². The van der Waals surface area contributed by atoms with Crippen LogP contribution in [0.1, 0.15) is 10.4 Å². The van der Waals surface area contributed by atoms with Gasteiger partial charge in [-0.2, -0.15) is 0 Å². The summed E-state index contributed by atoms with van der Waals surface area (Å²) in [6.45, 7) is 0. The van der Waals surface area contributed by atoms with Gasteiger partial charge in [0.15, 0.2) is 0 Å². The molecule has 2 rings (SSSR count). The van der Waals surface area contributed by atoms with Gasteiger partial charge in [-0.15, -0.1) is 0 Å². The zero-order chi connectivity index (χ0) is 11.5. The summed E-state index contributed by atoms with van der Waals surface area (Å²) in [5.41, 5.74) is 1.82. The molecule has 0 unspecified atom stereocenters. The van der Waals surface area contributed by atoms with Gasteiger partial charge in [0.1, 0.15) is 17.8 Å². The fourth-order valence-corrected chi connectivity index (χ4v) is 1.50. The van der Waals surface area contributed by atoms with Crippen molar-refractivity contribution in [2.75, 3.05) is 0 Å². The molecule has 2 aromatic rings. The van der Waals surface area contributed by atoms with Gasteiger partial charge in [-0.05, 0) is 35.9 Å². The summed E-state index contributed by atoms with van der Waals surface area (Å²) in [5.74, 6) is 0.270. The van der Waals surface area contributed by atoms with Crippen LogP contribution in [-0.2, 0) is 0 Å². The van der Waals surface area contributed by atoms with E-state index in [2.05, 4.69) is 0 Å². The molecule has 0 aromatic heterocycles. The van der Waals surface area contributed by atoms with Crippen molar-refractivity contribution in [1.82, 2.24) is 0 Å². The molecule has 2 aromatic carbocycles. The first-order valence-corrected chi connectivity index (χ1v) is 4.78. The van der Waals surface area contributed by atoms with Gasteiger partial charge in [-0.1, -0.05) is 12.1 Å². The second kappa shape index (κ2) is 4.06.